The summed E-state index contributed by atoms with van der Waals surface area (Å²) in [6.07, 6.45) is 0.260. The van der Waals surface area contributed by atoms with Gasteiger partial charge in [-0.1, -0.05) is 17.7 Å². The van der Waals surface area contributed by atoms with Crippen LogP contribution in [0.25, 0.3) is 0 Å². The van der Waals surface area contributed by atoms with Crippen molar-refractivity contribution in [2.75, 3.05) is 13.7 Å². The molecule has 1 unspecified atom stereocenters. The molecule has 1 heterocycles. The van der Waals surface area contributed by atoms with Gasteiger partial charge in [0.05, 0.1) is 18.7 Å². The van der Waals surface area contributed by atoms with Crippen LogP contribution < -0.4 is 4.74 Å². The molecule has 1 atom stereocenters. The highest BCUT2D eigenvalue weighted by atomic mass is 35.5. The summed E-state index contributed by atoms with van der Waals surface area (Å²) >= 11 is 5.86. The van der Waals surface area contributed by atoms with Crippen molar-refractivity contribution in [2.45, 2.75) is 6.10 Å². The number of halogens is 1. The minimum absolute atomic E-state index is 0.260. The van der Waals surface area contributed by atoms with Crippen LogP contribution in [-0.2, 0) is 4.74 Å². The third kappa shape index (κ3) is 1.40. The highest BCUT2D eigenvalue weighted by molar-refractivity contribution is 6.32. The van der Waals surface area contributed by atoms with Crippen LogP contribution in [0.2, 0.25) is 5.02 Å². The molecule has 1 saturated heterocycles. The molecule has 1 aromatic rings. The molecule has 0 saturated carbocycles. The van der Waals surface area contributed by atoms with E-state index in [0.29, 0.717) is 10.8 Å². The summed E-state index contributed by atoms with van der Waals surface area (Å²) in [6.45, 7) is 0.810. The molecule has 1 aliphatic rings. The standard InChI is InChI=1S/C9H9ClO2/c1-11-8-4-6(9-5-12-9)2-3-7(8)10/h2-4,9H,5H2,1H3. The number of benzene rings is 1. The first-order valence-corrected chi connectivity index (χ1v) is 4.14. The number of epoxide rings is 1. The first kappa shape index (κ1) is 7.90. The van der Waals surface area contributed by atoms with E-state index in [-0.39, 0.29) is 6.10 Å². The van der Waals surface area contributed by atoms with E-state index >= 15 is 0 Å². The first-order valence-electron chi connectivity index (χ1n) is 3.76. The van der Waals surface area contributed by atoms with Gasteiger partial charge in [-0.3, -0.25) is 0 Å². The van der Waals surface area contributed by atoms with Gasteiger partial charge in [0, 0.05) is 0 Å². The van der Waals surface area contributed by atoms with E-state index in [4.69, 9.17) is 21.1 Å². The van der Waals surface area contributed by atoms with Crippen LogP contribution in [0.1, 0.15) is 11.7 Å². The van der Waals surface area contributed by atoms with Gasteiger partial charge in [-0.2, -0.15) is 0 Å². The zero-order valence-corrected chi connectivity index (χ0v) is 7.47. The summed E-state index contributed by atoms with van der Waals surface area (Å²) in [4.78, 5) is 0. The number of methoxy groups -OCH3 is 1. The Kier molecular flexibility index (Phi) is 1.95. The highest BCUT2D eigenvalue weighted by Gasteiger charge is 2.25. The van der Waals surface area contributed by atoms with Gasteiger partial charge in [0.25, 0.3) is 0 Å². The van der Waals surface area contributed by atoms with Gasteiger partial charge in [-0.25, -0.2) is 0 Å². The molecule has 12 heavy (non-hydrogen) atoms. The van der Waals surface area contributed by atoms with Crippen LogP contribution in [0.5, 0.6) is 5.75 Å². The average molecular weight is 185 g/mol. The smallest absolute Gasteiger partial charge is 0.137 e. The van der Waals surface area contributed by atoms with E-state index in [1.165, 1.54) is 0 Å². The first-order chi connectivity index (χ1) is 5.81. The second-order valence-corrected chi connectivity index (χ2v) is 3.12. The lowest BCUT2D eigenvalue weighted by atomic mass is 10.1. The lowest BCUT2D eigenvalue weighted by Crippen LogP contribution is -1.87. The lowest BCUT2D eigenvalue weighted by Gasteiger charge is -2.03. The highest BCUT2D eigenvalue weighted by Crippen LogP contribution is 2.34. The van der Waals surface area contributed by atoms with Gasteiger partial charge in [-0.05, 0) is 17.7 Å². The molecule has 2 nitrogen and oxygen atoms in total. The molecule has 1 aromatic carbocycles. The molecule has 0 radical (unpaired) electrons. The number of rotatable bonds is 2. The molecule has 0 N–H and O–H groups in total. The monoisotopic (exact) mass is 184 g/mol. The fourth-order valence-electron chi connectivity index (χ4n) is 1.12. The van der Waals surface area contributed by atoms with Crippen LogP contribution in [0, 0.1) is 0 Å². The number of hydrogen-bond donors (Lipinski definition) is 0. The molecule has 0 spiro atoms. The fourth-order valence-corrected chi connectivity index (χ4v) is 1.31. The zero-order valence-electron chi connectivity index (χ0n) is 6.71. The molecule has 2 rings (SSSR count). The molecule has 0 aromatic heterocycles. The predicted molar refractivity (Wildman–Crippen MR) is 46.7 cm³/mol. The van der Waals surface area contributed by atoms with Gasteiger partial charge >= 0.3 is 0 Å². The van der Waals surface area contributed by atoms with Crippen LogP contribution >= 0.6 is 11.6 Å². The summed E-state index contributed by atoms with van der Waals surface area (Å²) in [5.74, 6) is 0.713. The van der Waals surface area contributed by atoms with Crippen LogP contribution in [0.15, 0.2) is 18.2 Å². The second-order valence-electron chi connectivity index (χ2n) is 2.72. The van der Waals surface area contributed by atoms with Gasteiger partial charge in [-0.15, -0.1) is 0 Å². The SMILES string of the molecule is COc1cc(C2CO2)ccc1Cl. The van der Waals surface area contributed by atoms with Gasteiger partial charge in [0.2, 0.25) is 0 Å². The maximum absolute atomic E-state index is 5.86. The molecule has 3 heteroatoms. The van der Waals surface area contributed by atoms with Crippen LogP contribution in [-0.4, -0.2) is 13.7 Å². The van der Waals surface area contributed by atoms with Crippen molar-refractivity contribution in [3.8, 4) is 5.75 Å². The van der Waals surface area contributed by atoms with E-state index in [0.717, 1.165) is 12.2 Å². The molecule has 0 aliphatic carbocycles. The van der Waals surface area contributed by atoms with Crippen molar-refractivity contribution >= 4 is 11.6 Å². The number of ether oxygens (including phenoxy) is 2. The Labute approximate surface area is 76.1 Å². The Hall–Kier alpha value is -0.730. The molecular weight excluding hydrogens is 176 g/mol. The maximum atomic E-state index is 5.86. The Balaban J connectivity index is 2.33. The van der Waals surface area contributed by atoms with E-state index in [1.54, 1.807) is 7.11 Å². The largest absolute Gasteiger partial charge is 0.495 e. The molecule has 0 amide bonds. The third-order valence-electron chi connectivity index (χ3n) is 1.88. The van der Waals surface area contributed by atoms with Gasteiger partial charge < -0.3 is 9.47 Å². The fraction of sp³-hybridized carbons (Fsp3) is 0.333. The summed E-state index contributed by atoms with van der Waals surface area (Å²) in [6, 6.07) is 5.71. The van der Waals surface area contributed by atoms with E-state index in [9.17, 15) is 0 Å². The molecule has 64 valence electrons. The topological polar surface area (TPSA) is 21.8 Å². The van der Waals surface area contributed by atoms with Crippen molar-refractivity contribution in [2.24, 2.45) is 0 Å². The predicted octanol–water partition coefficient (Wildman–Crippen LogP) is 2.42. The van der Waals surface area contributed by atoms with E-state index < -0.39 is 0 Å². The maximum Gasteiger partial charge on any atom is 0.137 e. The summed E-state index contributed by atoms with van der Waals surface area (Å²) in [5, 5.41) is 0.641. The normalized spacial score (nSPS) is 20.7. The molecule has 1 aliphatic heterocycles. The minimum atomic E-state index is 0.260. The third-order valence-corrected chi connectivity index (χ3v) is 2.19. The van der Waals surface area contributed by atoms with Crippen molar-refractivity contribution in [3.05, 3.63) is 28.8 Å². The Morgan fingerprint density at radius 1 is 1.58 bits per heavy atom. The second kappa shape index (κ2) is 2.96. The van der Waals surface area contributed by atoms with E-state index in [2.05, 4.69) is 0 Å². The van der Waals surface area contributed by atoms with Crippen LogP contribution in [0.4, 0.5) is 0 Å². The Bertz CT molecular complexity index is 295. The van der Waals surface area contributed by atoms with Crippen molar-refractivity contribution in [1.29, 1.82) is 0 Å². The zero-order chi connectivity index (χ0) is 8.55. The average Bonchev–Trinajstić information content (AvgIpc) is 2.88. The minimum Gasteiger partial charge on any atom is -0.495 e. The van der Waals surface area contributed by atoms with Crippen molar-refractivity contribution < 1.29 is 9.47 Å². The quantitative estimate of drug-likeness (QED) is 0.659. The Morgan fingerprint density at radius 2 is 2.33 bits per heavy atom. The molecule has 0 bridgehead atoms. The van der Waals surface area contributed by atoms with Gasteiger partial charge in [0.1, 0.15) is 11.9 Å². The van der Waals surface area contributed by atoms with Crippen LogP contribution in [0.3, 0.4) is 0 Å². The summed E-state index contributed by atoms with van der Waals surface area (Å²) < 4.78 is 10.2. The lowest BCUT2D eigenvalue weighted by molar-refractivity contribution is 0.405. The van der Waals surface area contributed by atoms with Crippen molar-refractivity contribution in [1.82, 2.24) is 0 Å². The Morgan fingerprint density at radius 3 is 2.92 bits per heavy atom. The van der Waals surface area contributed by atoms with Crippen molar-refractivity contribution in [3.63, 3.8) is 0 Å². The molecule has 1 fully saturated rings. The summed E-state index contributed by atoms with van der Waals surface area (Å²) in [7, 11) is 1.61. The molecular formula is C9H9ClO2. The van der Waals surface area contributed by atoms with Gasteiger partial charge in [0.15, 0.2) is 0 Å². The van der Waals surface area contributed by atoms with E-state index in [1.807, 2.05) is 18.2 Å². The number of hydrogen-bond acceptors (Lipinski definition) is 2. The summed E-state index contributed by atoms with van der Waals surface area (Å²) in [5.41, 5.74) is 1.14.